The number of H-pyrrole nitrogens is 1. The fraction of sp³-hybridized carbons (Fsp3) is 0.375. The summed E-state index contributed by atoms with van der Waals surface area (Å²) in [5, 5.41) is 16.4. The van der Waals surface area contributed by atoms with Gasteiger partial charge in [0.1, 0.15) is 11.5 Å². The van der Waals surface area contributed by atoms with Gasteiger partial charge in [-0.2, -0.15) is 5.10 Å². The van der Waals surface area contributed by atoms with Crippen molar-refractivity contribution >= 4 is 5.82 Å². The largest absolute Gasteiger partial charge is 0.342 e. The molecule has 0 saturated heterocycles. The van der Waals surface area contributed by atoms with E-state index in [0.29, 0.717) is 11.9 Å². The highest BCUT2D eigenvalue weighted by Gasteiger charge is 2.39. The van der Waals surface area contributed by atoms with Crippen LogP contribution < -0.4 is 4.90 Å². The minimum atomic E-state index is 0.160. The summed E-state index contributed by atoms with van der Waals surface area (Å²) in [5.41, 5.74) is 3.87. The number of nitrogens with zero attached hydrogens (tertiary/aromatic N) is 7. The van der Waals surface area contributed by atoms with Crippen molar-refractivity contribution in [3.8, 4) is 28.3 Å². The molecule has 0 radical (unpaired) electrons. The van der Waals surface area contributed by atoms with Crippen LogP contribution in [0.4, 0.5) is 5.82 Å². The molecule has 1 aromatic carbocycles. The van der Waals surface area contributed by atoms with Crippen molar-refractivity contribution in [1.82, 2.24) is 34.9 Å². The number of benzene rings is 1. The van der Waals surface area contributed by atoms with Gasteiger partial charge in [0.05, 0.1) is 29.7 Å². The average molecular weight is 427 g/mol. The average Bonchev–Trinajstić information content (AvgIpc) is 3.60. The van der Waals surface area contributed by atoms with Crippen molar-refractivity contribution in [2.24, 2.45) is 0 Å². The summed E-state index contributed by atoms with van der Waals surface area (Å²) in [7, 11) is 0. The zero-order valence-electron chi connectivity index (χ0n) is 18.4. The Hall–Kier alpha value is -3.55. The fourth-order valence-electron chi connectivity index (χ4n) is 5.28. The standard InChI is InChI=1S/C24H26N8/c1-3-19-24-30-28-15(2)31(24)20-14-25-22(27-23(20)32(19)17-11-7-8-12-17)18-13-26-29-21(18)16-9-5-4-6-10-16/h4-6,9-10,13-14,17,19H,3,7-8,11-12H2,1-2H3,(H,26,29). The number of nitrogens with one attached hydrogen (secondary N) is 1. The van der Waals surface area contributed by atoms with Crippen LogP contribution in [0.5, 0.6) is 0 Å². The summed E-state index contributed by atoms with van der Waals surface area (Å²) < 4.78 is 2.13. The second-order valence-electron chi connectivity index (χ2n) is 8.64. The van der Waals surface area contributed by atoms with Gasteiger partial charge in [-0.05, 0) is 26.2 Å². The molecular weight excluding hydrogens is 400 g/mol. The quantitative estimate of drug-likeness (QED) is 0.512. The van der Waals surface area contributed by atoms with Crippen LogP contribution >= 0.6 is 0 Å². The first kappa shape index (κ1) is 19.2. The first-order chi connectivity index (χ1) is 15.8. The van der Waals surface area contributed by atoms with Crippen LogP contribution in [0, 0.1) is 6.92 Å². The summed E-state index contributed by atoms with van der Waals surface area (Å²) in [6.45, 7) is 4.22. The fourth-order valence-corrected chi connectivity index (χ4v) is 5.28. The lowest BCUT2D eigenvalue weighted by Gasteiger charge is -2.41. The molecule has 1 fully saturated rings. The van der Waals surface area contributed by atoms with Crippen LogP contribution in [0.15, 0.2) is 42.7 Å². The van der Waals surface area contributed by atoms with E-state index < -0.39 is 0 Å². The predicted molar refractivity (Wildman–Crippen MR) is 122 cm³/mol. The molecule has 0 spiro atoms. The maximum atomic E-state index is 5.16. The number of aromatic nitrogens is 7. The van der Waals surface area contributed by atoms with Crippen LogP contribution in [-0.4, -0.2) is 41.0 Å². The van der Waals surface area contributed by atoms with Crippen molar-refractivity contribution in [3.05, 3.63) is 54.4 Å². The Balaban J connectivity index is 1.53. The van der Waals surface area contributed by atoms with Crippen LogP contribution in [-0.2, 0) is 0 Å². The molecule has 1 saturated carbocycles. The Bertz CT molecular complexity index is 1250. The van der Waals surface area contributed by atoms with Gasteiger partial charge in [-0.15, -0.1) is 10.2 Å². The lowest BCUT2D eigenvalue weighted by Crippen LogP contribution is -2.42. The van der Waals surface area contributed by atoms with Gasteiger partial charge in [-0.1, -0.05) is 50.1 Å². The lowest BCUT2D eigenvalue weighted by atomic mass is 10.0. The SMILES string of the molecule is CCC1c2nnc(C)n2-c2cnc(-c3cn[nH]c3-c3ccccc3)nc2N1C1CCCC1. The predicted octanol–water partition coefficient (Wildman–Crippen LogP) is 4.64. The van der Waals surface area contributed by atoms with Gasteiger partial charge >= 0.3 is 0 Å². The highest BCUT2D eigenvalue weighted by Crippen LogP contribution is 2.43. The number of anilines is 1. The maximum Gasteiger partial charge on any atom is 0.165 e. The van der Waals surface area contributed by atoms with Gasteiger partial charge in [0.2, 0.25) is 0 Å². The van der Waals surface area contributed by atoms with E-state index in [2.05, 4.69) is 48.9 Å². The molecule has 8 nitrogen and oxygen atoms in total. The summed E-state index contributed by atoms with van der Waals surface area (Å²) in [5.74, 6) is 3.53. The zero-order chi connectivity index (χ0) is 21.7. The smallest absolute Gasteiger partial charge is 0.165 e. The molecule has 8 heteroatoms. The monoisotopic (exact) mass is 426 g/mol. The van der Waals surface area contributed by atoms with Crippen molar-refractivity contribution < 1.29 is 0 Å². The number of hydrogen-bond acceptors (Lipinski definition) is 6. The van der Waals surface area contributed by atoms with Gasteiger partial charge < -0.3 is 4.90 Å². The third kappa shape index (κ3) is 2.86. The van der Waals surface area contributed by atoms with Gasteiger partial charge in [-0.25, -0.2) is 9.97 Å². The van der Waals surface area contributed by atoms with E-state index in [-0.39, 0.29) is 6.04 Å². The molecule has 1 aliphatic heterocycles. The number of aryl methyl sites for hydroxylation is 1. The maximum absolute atomic E-state index is 5.16. The Kier molecular flexibility index (Phi) is 4.52. The molecule has 162 valence electrons. The normalized spacial score (nSPS) is 18.1. The van der Waals surface area contributed by atoms with Gasteiger partial charge in [0.25, 0.3) is 0 Å². The van der Waals surface area contributed by atoms with Gasteiger partial charge in [0, 0.05) is 11.6 Å². The number of rotatable bonds is 4. The number of fused-ring (bicyclic) bond motifs is 3. The first-order valence-electron chi connectivity index (χ1n) is 11.4. The minimum absolute atomic E-state index is 0.160. The molecule has 4 heterocycles. The van der Waals surface area contributed by atoms with Crippen molar-refractivity contribution in [3.63, 3.8) is 0 Å². The zero-order valence-corrected chi connectivity index (χ0v) is 18.4. The van der Waals surface area contributed by atoms with Crippen LogP contribution in [0.2, 0.25) is 0 Å². The highest BCUT2D eigenvalue weighted by molar-refractivity contribution is 5.78. The topological polar surface area (TPSA) is 88.4 Å². The van der Waals surface area contributed by atoms with E-state index in [1.54, 1.807) is 0 Å². The molecule has 0 amide bonds. The molecule has 4 aromatic rings. The van der Waals surface area contributed by atoms with Crippen molar-refractivity contribution in [2.75, 3.05) is 4.90 Å². The molecular formula is C24H26N8. The summed E-state index contributed by atoms with van der Waals surface area (Å²) >= 11 is 0. The van der Waals surface area contributed by atoms with E-state index >= 15 is 0 Å². The molecule has 2 aliphatic rings. The summed E-state index contributed by atoms with van der Waals surface area (Å²) in [4.78, 5) is 12.4. The first-order valence-corrected chi connectivity index (χ1v) is 11.4. The van der Waals surface area contributed by atoms with E-state index in [1.807, 2.05) is 37.5 Å². The number of hydrogen-bond donors (Lipinski definition) is 1. The second-order valence-corrected chi connectivity index (χ2v) is 8.64. The Morgan fingerprint density at radius 1 is 1.06 bits per heavy atom. The molecule has 1 N–H and O–H groups in total. The summed E-state index contributed by atoms with van der Waals surface area (Å²) in [6, 6.07) is 10.8. The molecule has 1 aliphatic carbocycles. The molecule has 32 heavy (non-hydrogen) atoms. The van der Waals surface area contributed by atoms with Crippen LogP contribution in [0.3, 0.4) is 0 Å². The Labute approximate surface area is 186 Å². The van der Waals surface area contributed by atoms with E-state index in [0.717, 1.165) is 46.4 Å². The molecule has 1 unspecified atom stereocenters. The minimum Gasteiger partial charge on any atom is -0.342 e. The summed E-state index contributed by atoms with van der Waals surface area (Å²) in [6.07, 6.45) is 9.58. The third-order valence-corrected chi connectivity index (χ3v) is 6.77. The van der Waals surface area contributed by atoms with Crippen LogP contribution in [0.25, 0.3) is 28.3 Å². The second kappa shape index (κ2) is 7.55. The molecule has 3 aromatic heterocycles. The van der Waals surface area contributed by atoms with E-state index in [4.69, 9.17) is 9.97 Å². The van der Waals surface area contributed by atoms with Crippen LogP contribution in [0.1, 0.15) is 56.7 Å². The number of aromatic amines is 1. The Morgan fingerprint density at radius 2 is 1.88 bits per heavy atom. The lowest BCUT2D eigenvalue weighted by molar-refractivity contribution is 0.468. The van der Waals surface area contributed by atoms with E-state index in [9.17, 15) is 0 Å². The molecule has 1 atom stereocenters. The van der Waals surface area contributed by atoms with Gasteiger partial charge in [-0.3, -0.25) is 9.67 Å². The van der Waals surface area contributed by atoms with Gasteiger partial charge in [0.15, 0.2) is 17.5 Å². The molecule has 0 bridgehead atoms. The third-order valence-electron chi connectivity index (χ3n) is 6.77. The molecule has 6 rings (SSSR count). The highest BCUT2D eigenvalue weighted by atomic mass is 15.4. The van der Waals surface area contributed by atoms with Crippen molar-refractivity contribution in [2.45, 2.75) is 58.0 Å². The van der Waals surface area contributed by atoms with E-state index in [1.165, 1.54) is 25.7 Å². The Morgan fingerprint density at radius 3 is 2.66 bits per heavy atom. The van der Waals surface area contributed by atoms with Crippen molar-refractivity contribution in [1.29, 1.82) is 0 Å².